The number of hydrogen-bond acceptors (Lipinski definition) is 7. The van der Waals surface area contributed by atoms with Crippen molar-refractivity contribution in [2.45, 2.75) is 6.61 Å². The molecule has 3 aromatic carbocycles. The number of carbonyl (C=O) groups excluding carboxylic acids is 2. The molecule has 0 bridgehead atoms. The third-order valence-electron chi connectivity index (χ3n) is 5.80. The molecule has 0 aliphatic carbocycles. The first-order valence-electron chi connectivity index (χ1n) is 11.5. The summed E-state index contributed by atoms with van der Waals surface area (Å²) in [6.07, 6.45) is 1.55. The number of carbonyl (C=O) groups is 2. The molecule has 39 heavy (non-hydrogen) atoms. The zero-order valence-corrected chi connectivity index (χ0v) is 23.1. The molecule has 0 saturated carbocycles. The minimum absolute atomic E-state index is 0.0932. The fourth-order valence-electron chi connectivity index (χ4n) is 3.87. The van der Waals surface area contributed by atoms with Crippen molar-refractivity contribution in [3.05, 3.63) is 93.1 Å². The molecule has 1 fully saturated rings. The first kappa shape index (κ1) is 27.9. The summed E-state index contributed by atoms with van der Waals surface area (Å²) in [5.41, 5.74) is 2.30. The Morgan fingerprint density at radius 1 is 1.10 bits per heavy atom. The van der Waals surface area contributed by atoms with Crippen molar-refractivity contribution in [1.82, 2.24) is 4.90 Å². The second-order valence-electron chi connectivity index (χ2n) is 8.18. The number of halogens is 2. The maximum absolute atomic E-state index is 13.5. The van der Waals surface area contributed by atoms with Crippen LogP contribution in [0.5, 0.6) is 11.5 Å². The van der Waals surface area contributed by atoms with Gasteiger partial charge in [-0.05, 0) is 66.3 Å². The van der Waals surface area contributed by atoms with Crippen LogP contribution in [0.2, 0.25) is 10.0 Å². The van der Waals surface area contributed by atoms with Gasteiger partial charge in [-0.2, -0.15) is 5.26 Å². The number of thiocarbonyl (C=S) groups is 1. The van der Waals surface area contributed by atoms with Gasteiger partial charge in [0.15, 0.2) is 16.6 Å². The van der Waals surface area contributed by atoms with Crippen molar-refractivity contribution in [1.29, 1.82) is 5.26 Å². The van der Waals surface area contributed by atoms with Crippen LogP contribution in [-0.2, 0) is 20.9 Å². The molecule has 198 valence electrons. The molecule has 0 atom stereocenters. The van der Waals surface area contributed by atoms with Gasteiger partial charge >= 0.3 is 5.97 Å². The van der Waals surface area contributed by atoms with E-state index in [1.54, 1.807) is 60.7 Å². The van der Waals surface area contributed by atoms with Gasteiger partial charge < -0.3 is 19.1 Å². The quantitative estimate of drug-likeness (QED) is 0.193. The van der Waals surface area contributed by atoms with Crippen LogP contribution in [-0.4, -0.2) is 42.7 Å². The molecule has 0 radical (unpaired) electrons. The number of hydrogen-bond donors (Lipinski definition) is 0. The van der Waals surface area contributed by atoms with Crippen molar-refractivity contribution in [2.75, 3.05) is 25.7 Å². The fourth-order valence-corrected chi connectivity index (χ4v) is 4.62. The number of anilines is 1. The van der Waals surface area contributed by atoms with Crippen LogP contribution >= 0.6 is 35.4 Å². The molecule has 3 aromatic rings. The average Bonchev–Trinajstić information content (AvgIpc) is 3.16. The number of rotatable bonds is 8. The summed E-state index contributed by atoms with van der Waals surface area (Å²) in [4.78, 5) is 28.4. The molecule has 0 unspecified atom stereocenters. The minimum atomic E-state index is -0.578. The van der Waals surface area contributed by atoms with E-state index in [1.165, 1.54) is 24.0 Å². The standard InChI is InChI=1S/C28H21Cl2N3O5S/c1-36-24-13-17(11-22(30)26(24)38-16-19-6-4-3-5-18(19)14-31)12-23-27(35)33(21-9-7-20(29)8-10-21)28(39)32(23)15-25(34)37-2/h3-13H,15-16H2,1-2H3/b23-12-. The monoisotopic (exact) mass is 581 g/mol. The van der Waals surface area contributed by atoms with Crippen molar-refractivity contribution in [2.24, 2.45) is 0 Å². The van der Waals surface area contributed by atoms with E-state index in [0.717, 1.165) is 0 Å². The first-order valence-corrected chi connectivity index (χ1v) is 12.6. The van der Waals surface area contributed by atoms with Crippen LogP contribution in [0.1, 0.15) is 16.7 Å². The molecule has 11 heteroatoms. The van der Waals surface area contributed by atoms with Gasteiger partial charge in [0, 0.05) is 10.6 Å². The van der Waals surface area contributed by atoms with Crippen LogP contribution in [0, 0.1) is 11.3 Å². The van der Waals surface area contributed by atoms with Crippen LogP contribution in [0.25, 0.3) is 6.08 Å². The first-order chi connectivity index (χ1) is 18.8. The van der Waals surface area contributed by atoms with E-state index in [-0.39, 0.29) is 34.7 Å². The Kier molecular flexibility index (Phi) is 8.72. The van der Waals surface area contributed by atoms with E-state index in [2.05, 4.69) is 6.07 Å². The molecule has 1 amide bonds. The molecule has 1 saturated heterocycles. The predicted octanol–water partition coefficient (Wildman–Crippen LogP) is 5.60. The smallest absolute Gasteiger partial charge is 0.325 e. The summed E-state index contributed by atoms with van der Waals surface area (Å²) >= 11 is 18.1. The van der Waals surface area contributed by atoms with Crippen LogP contribution in [0.15, 0.2) is 66.4 Å². The topological polar surface area (TPSA) is 92.1 Å². The zero-order chi connectivity index (χ0) is 28.1. The Morgan fingerprint density at radius 3 is 2.49 bits per heavy atom. The van der Waals surface area contributed by atoms with Crippen molar-refractivity contribution >= 4 is 64.2 Å². The molecule has 8 nitrogen and oxygen atoms in total. The molecule has 0 aromatic heterocycles. The zero-order valence-electron chi connectivity index (χ0n) is 20.8. The fraction of sp³-hybridized carbons (Fsp3) is 0.143. The van der Waals surface area contributed by atoms with Crippen molar-refractivity contribution < 1.29 is 23.8 Å². The highest BCUT2D eigenvalue weighted by Gasteiger charge is 2.40. The molecule has 0 N–H and O–H groups in total. The predicted molar refractivity (Wildman–Crippen MR) is 152 cm³/mol. The Labute approximate surface area is 240 Å². The van der Waals surface area contributed by atoms with Crippen molar-refractivity contribution in [3.63, 3.8) is 0 Å². The maximum atomic E-state index is 13.5. The van der Waals surface area contributed by atoms with Gasteiger partial charge in [0.05, 0.1) is 36.6 Å². The minimum Gasteiger partial charge on any atom is -0.493 e. The number of esters is 1. The number of nitriles is 1. The highest BCUT2D eigenvalue weighted by atomic mass is 35.5. The van der Waals surface area contributed by atoms with E-state index < -0.39 is 11.9 Å². The summed E-state index contributed by atoms with van der Waals surface area (Å²) < 4.78 is 16.2. The lowest BCUT2D eigenvalue weighted by Gasteiger charge is -2.19. The third kappa shape index (κ3) is 5.99. The van der Waals surface area contributed by atoms with E-state index >= 15 is 0 Å². The molecule has 4 rings (SSSR count). The Balaban J connectivity index is 1.70. The SMILES string of the molecule is COC(=O)CN1C(=S)N(c2ccc(Cl)cc2)C(=O)/C1=C/c1cc(Cl)c(OCc2ccccc2C#N)c(OC)c1. The molecule has 1 aliphatic heterocycles. The Bertz CT molecular complexity index is 1520. The summed E-state index contributed by atoms with van der Waals surface area (Å²) in [7, 11) is 2.71. The third-order valence-corrected chi connectivity index (χ3v) is 6.74. The maximum Gasteiger partial charge on any atom is 0.325 e. The van der Waals surface area contributed by atoms with Crippen LogP contribution in [0.4, 0.5) is 5.69 Å². The molecule has 1 heterocycles. The van der Waals surface area contributed by atoms with Gasteiger partial charge in [-0.1, -0.05) is 41.4 Å². The van der Waals surface area contributed by atoms with Gasteiger partial charge in [-0.25, -0.2) is 0 Å². The van der Waals surface area contributed by atoms with Gasteiger partial charge in [0.1, 0.15) is 18.8 Å². The summed E-state index contributed by atoms with van der Waals surface area (Å²) in [5.74, 6) is -0.441. The van der Waals surface area contributed by atoms with Crippen LogP contribution < -0.4 is 14.4 Å². The van der Waals surface area contributed by atoms with Gasteiger partial charge in [-0.15, -0.1) is 0 Å². The largest absolute Gasteiger partial charge is 0.493 e. The number of ether oxygens (including phenoxy) is 3. The summed E-state index contributed by atoms with van der Waals surface area (Å²) in [6.45, 7) is -0.183. The highest BCUT2D eigenvalue weighted by Crippen LogP contribution is 2.38. The van der Waals surface area contributed by atoms with Crippen LogP contribution in [0.3, 0.4) is 0 Å². The van der Waals surface area contributed by atoms with E-state index in [1.807, 2.05) is 6.07 Å². The number of nitrogens with zero attached hydrogens (tertiary/aromatic N) is 3. The Hall–Kier alpha value is -4.10. The molecule has 0 spiro atoms. The summed E-state index contributed by atoms with van der Waals surface area (Å²) in [6, 6.07) is 19.0. The lowest BCUT2D eigenvalue weighted by Crippen LogP contribution is -2.35. The number of benzene rings is 3. The lowest BCUT2D eigenvalue weighted by atomic mass is 10.1. The van der Waals surface area contributed by atoms with E-state index in [9.17, 15) is 14.9 Å². The molecule has 1 aliphatic rings. The van der Waals surface area contributed by atoms with Gasteiger partial charge in [-0.3, -0.25) is 14.5 Å². The second kappa shape index (κ2) is 12.2. The number of methoxy groups -OCH3 is 2. The van der Waals surface area contributed by atoms with Gasteiger partial charge in [0.2, 0.25) is 0 Å². The molecular weight excluding hydrogens is 561 g/mol. The second-order valence-corrected chi connectivity index (χ2v) is 9.39. The Morgan fingerprint density at radius 2 is 1.82 bits per heavy atom. The lowest BCUT2D eigenvalue weighted by molar-refractivity contribution is -0.140. The average molecular weight is 582 g/mol. The van der Waals surface area contributed by atoms with E-state index in [0.29, 0.717) is 33.1 Å². The molecular formula is C28H21Cl2N3O5S. The van der Waals surface area contributed by atoms with Crippen molar-refractivity contribution in [3.8, 4) is 17.6 Å². The number of amides is 1. The van der Waals surface area contributed by atoms with Gasteiger partial charge in [0.25, 0.3) is 5.91 Å². The normalized spacial score (nSPS) is 14.0. The highest BCUT2D eigenvalue weighted by molar-refractivity contribution is 7.80. The summed E-state index contributed by atoms with van der Waals surface area (Å²) in [5, 5.41) is 10.2. The van der Waals surface area contributed by atoms with E-state index in [4.69, 9.17) is 49.6 Å².